The molecule has 2 N–H and O–H groups in total. The lowest BCUT2D eigenvalue weighted by molar-refractivity contribution is -0.134. The van der Waals surface area contributed by atoms with Crippen molar-refractivity contribution < 1.29 is 14.6 Å². The molecule has 2 aliphatic rings. The summed E-state index contributed by atoms with van der Waals surface area (Å²) < 4.78 is 5.39. The van der Waals surface area contributed by atoms with Crippen molar-refractivity contribution in [3.63, 3.8) is 0 Å². The molecular formula is C12H21NO3. The van der Waals surface area contributed by atoms with E-state index in [-0.39, 0.29) is 17.6 Å². The highest BCUT2D eigenvalue weighted by Crippen LogP contribution is 2.38. The predicted molar refractivity (Wildman–Crippen MR) is 59.9 cm³/mol. The molecule has 0 aliphatic heterocycles. The first-order chi connectivity index (χ1) is 7.65. The summed E-state index contributed by atoms with van der Waals surface area (Å²) in [4.78, 5) is 11.7. The number of hydrogen-bond donors (Lipinski definition) is 2. The number of carbonyl (C=O) groups excluding carboxylic acids is 1. The minimum Gasteiger partial charge on any atom is -0.391 e. The van der Waals surface area contributed by atoms with Crippen LogP contribution >= 0.6 is 0 Å². The number of ether oxygens (including phenoxy) is 1. The topological polar surface area (TPSA) is 58.6 Å². The molecule has 0 saturated heterocycles. The third-order valence-corrected chi connectivity index (χ3v) is 3.86. The van der Waals surface area contributed by atoms with E-state index in [1.165, 1.54) is 0 Å². The molecule has 1 unspecified atom stereocenters. The van der Waals surface area contributed by atoms with E-state index in [0.29, 0.717) is 18.9 Å². The normalized spacial score (nSPS) is 24.6. The summed E-state index contributed by atoms with van der Waals surface area (Å²) in [7, 11) is 1.67. The average molecular weight is 227 g/mol. The Morgan fingerprint density at radius 1 is 1.56 bits per heavy atom. The number of rotatable bonds is 6. The van der Waals surface area contributed by atoms with Gasteiger partial charge in [0.2, 0.25) is 5.91 Å². The molecule has 4 heteroatoms. The molecule has 0 aromatic carbocycles. The van der Waals surface area contributed by atoms with E-state index in [1.54, 1.807) is 7.11 Å². The van der Waals surface area contributed by atoms with Crippen molar-refractivity contribution in [2.24, 2.45) is 5.92 Å². The van der Waals surface area contributed by atoms with Gasteiger partial charge < -0.3 is 15.2 Å². The van der Waals surface area contributed by atoms with Crippen LogP contribution in [0.15, 0.2) is 0 Å². The van der Waals surface area contributed by atoms with Crippen LogP contribution < -0.4 is 5.32 Å². The van der Waals surface area contributed by atoms with Crippen LogP contribution in [-0.2, 0) is 9.53 Å². The highest BCUT2D eigenvalue weighted by atomic mass is 16.5. The average Bonchev–Trinajstić information content (AvgIpc) is 3.03. The Labute approximate surface area is 96.4 Å². The van der Waals surface area contributed by atoms with Crippen molar-refractivity contribution in [2.75, 3.05) is 13.7 Å². The summed E-state index contributed by atoms with van der Waals surface area (Å²) in [5.41, 5.74) is -0.214. The largest absolute Gasteiger partial charge is 0.391 e. The Morgan fingerprint density at radius 3 is 2.69 bits per heavy atom. The smallest absolute Gasteiger partial charge is 0.222 e. The molecule has 2 aliphatic carbocycles. The molecule has 4 nitrogen and oxygen atoms in total. The number of carbonyl (C=O) groups is 1. The van der Waals surface area contributed by atoms with Gasteiger partial charge >= 0.3 is 0 Å². The monoisotopic (exact) mass is 227 g/mol. The molecule has 1 atom stereocenters. The third kappa shape index (κ3) is 2.74. The van der Waals surface area contributed by atoms with Crippen molar-refractivity contribution in [2.45, 2.75) is 50.2 Å². The molecule has 0 aromatic heterocycles. The second-order valence-corrected chi connectivity index (χ2v) is 5.13. The summed E-state index contributed by atoms with van der Waals surface area (Å²) in [6.07, 6.45) is 5.36. The number of amides is 1. The van der Waals surface area contributed by atoms with Crippen LogP contribution in [0.25, 0.3) is 0 Å². The maximum Gasteiger partial charge on any atom is 0.222 e. The van der Waals surface area contributed by atoms with Gasteiger partial charge in [0, 0.05) is 13.7 Å². The summed E-state index contributed by atoms with van der Waals surface area (Å²) in [5.74, 6) is 0.418. The van der Waals surface area contributed by atoms with E-state index in [1.807, 2.05) is 0 Å². The Kier molecular flexibility index (Phi) is 3.50. The van der Waals surface area contributed by atoms with Gasteiger partial charge in [-0.3, -0.25) is 4.79 Å². The van der Waals surface area contributed by atoms with Crippen LogP contribution in [0.3, 0.4) is 0 Å². The van der Waals surface area contributed by atoms with E-state index >= 15 is 0 Å². The summed E-state index contributed by atoms with van der Waals surface area (Å²) in [6.45, 7) is 0.392. The molecule has 16 heavy (non-hydrogen) atoms. The maximum absolute atomic E-state index is 11.7. The summed E-state index contributed by atoms with van der Waals surface area (Å²) >= 11 is 0. The molecule has 0 bridgehead atoms. The van der Waals surface area contributed by atoms with E-state index in [4.69, 9.17) is 4.74 Å². The van der Waals surface area contributed by atoms with Gasteiger partial charge in [0.1, 0.15) is 0 Å². The predicted octanol–water partition coefficient (Wildman–Crippen LogP) is 0.833. The first-order valence-electron chi connectivity index (χ1n) is 6.15. The Balaban J connectivity index is 1.67. The highest BCUT2D eigenvalue weighted by molar-refractivity contribution is 5.77. The number of methoxy groups -OCH3 is 1. The zero-order chi connectivity index (χ0) is 11.6. The quantitative estimate of drug-likeness (QED) is 0.706. The molecule has 0 heterocycles. The number of aliphatic hydroxyl groups is 1. The van der Waals surface area contributed by atoms with E-state index in [0.717, 1.165) is 32.1 Å². The molecule has 0 spiro atoms. The van der Waals surface area contributed by atoms with Crippen LogP contribution in [-0.4, -0.2) is 36.4 Å². The summed E-state index contributed by atoms with van der Waals surface area (Å²) in [5, 5.41) is 12.4. The minimum absolute atomic E-state index is 0.00116. The molecule has 92 valence electrons. The Bertz CT molecular complexity index is 253. The van der Waals surface area contributed by atoms with Gasteiger partial charge in [-0.2, -0.15) is 0 Å². The van der Waals surface area contributed by atoms with Gasteiger partial charge in [0.15, 0.2) is 0 Å². The SMILES string of the molecule is COC1(CC(=O)NCC(O)C2CC2)CCC1. The summed E-state index contributed by atoms with van der Waals surface area (Å²) in [6, 6.07) is 0. The van der Waals surface area contributed by atoms with Crippen LogP contribution in [0, 0.1) is 5.92 Å². The second-order valence-electron chi connectivity index (χ2n) is 5.13. The lowest BCUT2D eigenvalue weighted by Crippen LogP contribution is -2.45. The van der Waals surface area contributed by atoms with E-state index < -0.39 is 0 Å². The standard InChI is InChI=1S/C12H21NO3/c1-16-12(5-2-6-12)7-11(15)13-8-10(14)9-3-4-9/h9-10,14H,2-8H2,1H3,(H,13,15). The molecule has 0 aromatic rings. The molecule has 2 fully saturated rings. The van der Waals surface area contributed by atoms with Crippen LogP contribution in [0.2, 0.25) is 0 Å². The van der Waals surface area contributed by atoms with Crippen LogP contribution in [0.5, 0.6) is 0 Å². The minimum atomic E-state index is -0.358. The third-order valence-electron chi connectivity index (χ3n) is 3.86. The van der Waals surface area contributed by atoms with E-state index in [2.05, 4.69) is 5.32 Å². The van der Waals surface area contributed by atoms with Gasteiger partial charge in [-0.05, 0) is 38.0 Å². The lowest BCUT2D eigenvalue weighted by Gasteiger charge is -2.39. The molecule has 2 rings (SSSR count). The molecule has 1 amide bonds. The zero-order valence-electron chi connectivity index (χ0n) is 9.87. The Morgan fingerprint density at radius 2 is 2.25 bits per heavy atom. The first kappa shape index (κ1) is 11.9. The van der Waals surface area contributed by atoms with E-state index in [9.17, 15) is 9.90 Å². The fourth-order valence-electron chi connectivity index (χ4n) is 2.25. The number of aliphatic hydroxyl groups excluding tert-OH is 1. The highest BCUT2D eigenvalue weighted by Gasteiger charge is 2.39. The van der Waals surface area contributed by atoms with Gasteiger partial charge in [0.25, 0.3) is 0 Å². The van der Waals surface area contributed by atoms with Gasteiger partial charge in [-0.15, -0.1) is 0 Å². The maximum atomic E-state index is 11.7. The van der Waals surface area contributed by atoms with Crippen molar-refractivity contribution >= 4 is 5.91 Å². The number of nitrogens with one attached hydrogen (secondary N) is 1. The van der Waals surface area contributed by atoms with Gasteiger partial charge in [-0.25, -0.2) is 0 Å². The van der Waals surface area contributed by atoms with Crippen molar-refractivity contribution in [1.29, 1.82) is 0 Å². The molecule has 2 saturated carbocycles. The number of hydrogen-bond acceptors (Lipinski definition) is 3. The first-order valence-corrected chi connectivity index (χ1v) is 6.15. The fraction of sp³-hybridized carbons (Fsp3) is 0.917. The van der Waals surface area contributed by atoms with Crippen LogP contribution in [0.4, 0.5) is 0 Å². The second kappa shape index (κ2) is 4.72. The molecule has 0 radical (unpaired) electrons. The van der Waals surface area contributed by atoms with Gasteiger partial charge in [0.05, 0.1) is 18.1 Å². The van der Waals surface area contributed by atoms with Crippen molar-refractivity contribution in [3.8, 4) is 0 Å². The lowest BCUT2D eigenvalue weighted by atomic mass is 9.77. The van der Waals surface area contributed by atoms with Gasteiger partial charge in [-0.1, -0.05) is 0 Å². The zero-order valence-corrected chi connectivity index (χ0v) is 9.87. The van der Waals surface area contributed by atoms with Crippen LogP contribution in [0.1, 0.15) is 38.5 Å². The van der Waals surface area contributed by atoms with Crippen molar-refractivity contribution in [1.82, 2.24) is 5.32 Å². The fourth-order valence-corrected chi connectivity index (χ4v) is 2.25. The van der Waals surface area contributed by atoms with Crippen molar-refractivity contribution in [3.05, 3.63) is 0 Å². The Hall–Kier alpha value is -0.610. The molecular weight excluding hydrogens is 206 g/mol.